The van der Waals surface area contributed by atoms with E-state index in [9.17, 15) is 9.59 Å². The van der Waals surface area contributed by atoms with E-state index < -0.39 is 12.1 Å². The maximum Gasteiger partial charge on any atom is 0.405 e. The Morgan fingerprint density at radius 1 is 1.80 bits per heavy atom. The second kappa shape index (κ2) is 4.94. The molecule has 0 fully saturated rings. The summed E-state index contributed by atoms with van der Waals surface area (Å²) in [6.07, 6.45) is 2.01. The fraction of sp³-hybridized carbons (Fsp3) is 0.222. The van der Waals surface area contributed by atoms with Crippen molar-refractivity contribution in [1.82, 2.24) is 15.3 Å². The number of hydrogen-bond donors (Lipinski definition) is 3. The minimum atomic E-state index is -1.16. The van der Waals surface area contributed by atoms with Gasteiger partial charge in [-0.05, 0) is 6.42 Å². The first-order valence-electron chi connectivity index (χ1n) is 4.28. The minimum Gasteiger partial charge on any atom is -0.465 e. The van der Waals surface area contributed by atoms with E-state index >= 15 is 0 Å². The lowest BCUT2D eigenvalue weighted by Crippen LogP contribution is -2.28. The first kappa shape index (κ1) is 11.0. The molecular formula is C9H11N3O3. The summed E-state index contributed by atoms with van der Waals surface area (Å²) < 4.78 is 0. The Morgan fingerprint density at radius 2 is 2.53 bits per heavy atom. The average Bonchev–Trinajstić information content (AvgIpc) is 2.16. The highest BCUT2D eigenvalue weighted by molar-refractivity contribution is 5.65. The van der Waals surface area contributed by atoms with Crippen LogP contribution < -0.4 is 10.9 Å². The highest BCUT2D eigenvalue weighted by atomic mass is 16.4. The maximum atomic E-state index is 11.0. The molecule has 0 aliphatic carbocycles. The molecule has 1 amide bonds. The first-order chi connectivity index (χ1) is 7.13. The van der Waals surface area contributed by atoms with Crippen molar-refractivity contribution in [3.8, 4) is 0 Å². The molecule has 0 spiro atoms. The molecular weight excluding hydrogens is 198 g/mol. The summed E-state index contributed by atoms with van der Waals surface area (Å²) in [6.45, 7) is 3.51. The standard InChI is InChI=1S/C9H11N3O3/c1-2-3-6(12-9(14)15)7-4-8(13)11-5-10-7/h2,4-6,12H,1,3H2,(H,14,15)(H,10,11,13). The first-order valence-corrected chi connectivity index (χ1v) is 4.28. The highest BCUT2D eigenvalue weighted by Crippen LogP contribution is 2.12. The van der Waals surface area contributed by atoms with Crippen LogP contribution in [0.15, 0.2) is 29.8 Å². The number of aromatic nitrogens is 2. The van der Waals surface area contributed by atoms with Gasteiger partial charge in [0.25, 0.3) is 5.56 Å². The molecule has 6 heteroatoms. The third-order valence-corrected chi connectivity index (χ3v) is 1.76. The molecule has 0 aliphatic rings. The van der Waals surface area contributed by atoms with Crippen LogP contribution in [0.2, 0.25) is 0 Å². The Bertz CT molecular complexity index is 413. The zero-order valence-electron chi connectivity index (χ0n) is 7.93. The molecule has 0 aliphatic heterocycles. The van der Waals surface area contributed by atoms with Crippen LogP contribution in [-0.4, -0.2) is 21.2 Å². The van der Waals surface area contributed by atoms with Crippen LogP contribution in [0.3, 0.4) is 0 Å². The van der Waals surface area contributed by atoms with Gasteiger partial charge in [-0.15, -0.1) is 6.58 Å². The smallest absolute Gasteiger partial charge is 0.405 e. The van der Waals surface area contributed by atoms with E-state index in [4.69, 9.17) is 5.11 Å². The maximum absolute atomic E-state index is 11.0. The van der Waals surface area contributed by atoms with E-state index in [0.29, 0.717) is 12.1 Å². The number of rotatable bonds is 4. The van der Waals surface area contributed by atoms with E-state index in [0.717, 1.165) is 0 Å². The predicted octanol–water partition coefficient (Wildman–Crippen LogP) is 0.655. The van der Waals surface area contributed by atoms with Gasteiger partial charge in [0.2, 0.25) is 0 Å². The summed E-state index contributed by atoms with van der Waals surface area (Å²) in [4.78, 5) is 27.7. The third kappa shape index (κ3) is 3.26. The summed E-state index contributed by atoms with van der Waals surface area (Å²) in [5.41, 5.74) is 0.0577. The van der Waals surface area contributed by atoms with Crippen molar-refractivity contribution in [2.24, 2.45) is 0 Å². The van der Waals surface area contributed by atoms with Gasteiger partial charge < -0.3 is 15.4 Å². The molecule has 1 heterocycles. The Labute approximate surface area is 85.7 Å². The zero-order chi connectivity index (χ0) is 11.3. The second-order valence-electron chi connectivity index (χ2n) is 2.86. The monoisotopic (exact) mass is 209 g/mol. The largest absolute Gasteiger partial charge is 0.465 e. The molecule has 3 N–H and O–H groups in total. The number of nitrogens with zero attached hydrogens (tertiary/aromatic N) is 1. The van der Waals surface area contributed by atoms with Gasteiger partial charge in [-0.3, -0.25) is 4.79 Å². The third-order valence-electron chi connectivity index (χ3n) is 1.76. The summed E-state index contributed by atoms with van der Waals surface area (Å²) in [7, 11) is 0. The van der Waals surface area contributed by atoms with E-state index in [1.807, 2.05) is 0 Å². The summed E-state index contributed by atoms with van der Waals surface area (Å²) in [5, 5.41) is 10.8. The van der Waals surface area contributed by atoms with Crippen molar-refractivity contribution in [3.63, 3.8) is 0 Å². The molecule has 0 saturated carbocycles. The van der Waals surface area contributed by atoms with Crippen molar-refractivity contribution in [2.75, 3.05) is 0 Å². The lowest BCUT2D eigenvalue weighted by atomic mass is 10.1. The molecule has 80 valence electrons. The van der Waals surface area contributed by atoms with Gasteiger partial charge in [-0.2, -0.15) is 0 Å². The number of amides is 1. The molecule has 0 saturated heterocycles. The number of carboxylic acid groups (broad SMARTS) is 1. The van der Waals surface area contributed by atoms with Crippen molar-refractivity contribution < 1.29 is 9.90 Å². The predicted molar refractivity (Wildman–Crippen MR) is 53.6 cm³/mol. The molecule has 1 aromatic rings. The van der Waals surface area contributed by atoms with Crippen LogP contribution in [-0.2, 0) is 0 Å². The van der Waals surface area contributed by atoms with Gasteiger partial charge in [-0.1, -0.05) is 6.08 Å². The van der Waals surface area contributed by atoms with Crippen molar-refractivity contribution in [2.45, 2.75) is 12.5 Å². The summed E-state index contributed by atoms with van der Waals surface area (Å²) in [6, 6.07) is 0.715. The molecule has 0 bridgehead atoms. The van der Waals surface area contributed by atoms with Crippen LogP contribution in [0.1, 0.15) is 18.2 Å². The minimum absolute atomic E-state index is 0.318. The molecule has 1 unspecified atom stereocenters. The lowest BCUT2D eigenvalue weighted by Gasteiger charge is -2.13. The topological polar surface area (TPSA) is 95.1 Å². The van der Waals surface area contributed by atoms with Gasteiger partial charge >= 0.3 is 6.09 Å². The van der Waals surface area contributed by atoms with Crippen LogP contribution in [0.5, 0.6) is 0 Å². The molecule has 0 aromatic carbocycles. The van der Waals surface area contributed by atoms with Gasteiger partial charge in [-0.25, -0.2) is 9.78 Å². The van der Waals surface area contributed by atoms with E-state index in [1.54, 1.807) is 6.08 Å². The average molecular weight is 209 g/mol. The van der Waals surface area contributed by atoms with E-state index in [2.05, 4.69) is 21.9 Å². The second-order valence-corrected chi connectivity index (χ2v) is 2.86. The number of aromatic amines is 1. The Morgan fingerprint density at radius 3 is 3.07 bits per heavy atom. The summed E-state index contributed by atoms with van der Waals surface area (Å²) >= 11 is 0. The van der Waals surface area contributed by atoms with Crippen LogP contribution >= 0.6 is 0 Å². The molecule has 1 aromatic heterocycles. The Kier molecular flexibility index (Phi) is 3.61. The molecule has 0 radical (unpaired) electrons. The van der Waals surface area contributed by atoms with Crippen LogP contribution in [0.25, 0.3) is 0 Å². The van der Waals surface area contributed by atoms with Gasteiger partial charge in [0, 0.05) is 6.07 Å². The molecule has 1 atom stereocenters. The van der Waals surface area contributed by atoms with E-state index in [1.165, 1.54) is 12.4 Å². The van der Waals surface area contributed by atoms with Gasteiger partial charge in [0.15, 0.2) is 0 Å². The van der Waals surface area contributed by atoms with Gasteiger partial charge in [0.05, 0.1) is 18.1 Å². The zero-order valence-corrected chi connectivity index (χ0v) is 7.93. The fourth-order valence-corrected chi connectivity index (χ4v) is 1.14. The van der Waals surface area contributed by atoms with Crippen molar-refractivity contribution in [1.29, 1.82) is 0 Å². The number of nitrogens with one attached hydrogen (secondary N) is 2. The lowest BCUT2D eigenvalue weighted by molar-refractivity contribution is 0.189. The Balaban J connectivity index is 2.92. The van der Waals surface area contributed by atoms with Crippen molar-refractivity contribution >= 4 is 6.09 Å². The molecule has 1 rings (SSSR count). The van der Waals surface area contributed by atoms with Crippen LogP contribution in [0.4, 0.5) is 4.79 Å². The Hall–Kier alpha value is -2.11. The quantitative estimate of drug-likeness (QED) is 0.634. The normalized spacial score (nSPS) is 11.7. The SMILES string of the molecule is C=CCC(NC(=O)O)c1cc(=O)[nH]cn1. The highest BCUT2D eigenvalue weighted by Gasteiger charge is 2.13. The number of hydrogen-bond acceptors (Lipinski definition) is 3. The number of carbonyl (C=O) groups is 1. The van der Waals surface area contributed by atoms with Crippen molar-refractivity contribution in [3.05, 3.63) is 41.1 Å². The van der Waals surface area contributed by atoms with E-state index in [-0.39, 0.29) is 5.56 Å². The summed E-state index contributed by atoms with van der Waals surface area (Å²) in [5.74, 6) is 0. The molecule has 6 nitrogen and oxygen atoms in total. The number of H-pyrrole nitrogens is 1. The van der Waals surface area contributed by atoms with Crippen LogP contribution in [0, 0.1) is 0 Å². The molecule has 15 heavy (non-hydrogen) atoms. The fourth-order valence-electron chi connectivity index (χ4n) is 1.14. The van der Waals surface area contributed by atoms with Gasteiger partial charge in [0.1, 0.15) is 0 Å².